The third-order valence-electron chi connectivity index (χ3n) is 5.22. The lowest BCUT2D eigenvalue weighted by Crippen LogP contribution is -2.29. The van der Waals surface area contributed by atoms with Crippen molar-refractivity contribution in [1.82, 2.24) is 0 Å². The number of thiophene rings is 1. The van der Waals surface area contributed by atoms with E-state index in [1.165, 1.54) is 22.3 Å². The van der Waals surface area contributed by atoms with Crippen molar-refractivity contribution >= 4 is 34.5 Å². The standard InChI is InChI=1S/C25H23NO6S/c1-3-31-15-11-12-16(19(14-15)32-4-2)23(28)21-22(20-10-7-13-33-20)26(25(30)24(21)29)17-8-5-6-9-18(17)27/h5-14,22,27-28H,3-4H2,1-2H3/b23-21-. The number of phenolic OH excluding ortho intramolecular Hbond substituents is 1. The van der Waals surface area contributed by atoms with E-state index in [2.05, 4.69) is 0 Å². The van der Waals surface area contributed by atoms with Gasteiger partial charge >= 0.3 is 0 Å². The number of hydrogen-bond donors (Lipinski definition) is 2. The molecule has 0 spiro atoms. The third-order valence-corrected chi connectivity index (χ3v) is 6.14. The van der Waals surface area contributed by atoms with Crippen molar-refractivity contribution in [2.45, 2.75) is 19.9 Å². The summed E-state index contributed by atoms with van der Waals surface area (Å²) in [6.07, 6.45) is 0. The summed E-state index contributed by atoms with van der Waals surface area (Å²) in [5, 5.41) is 23.6. The molecule has 1 amide bonds. The molecule has 0 aliphatic carbocycles. The van der Waals surface area contributed by atoms with Crippen LogP contribution in [0.15, 0.2) is 65.6 Å². The minimum atomic E-state index is -0.903. The van der Waals surface area contributed by atoms with Gasteiger partial charge < -0.3 is 19.7 Å². The van der Waals surface area contributed by atoms with E-state index in [0.29, 0.717) is 29.6 Å². The normalized spacial score (nSPS) is 17.4. The molecule has 8 heteroatoms. The van der Waals surface area contributed by atoms with Crippen molar-refractivity contribution in [1.29, 1.82) is 0 Å². The summed E-state index contributed by atoms with van der Waals surface area (Å²) >= 11 is 1.34. The second-order valence-electron chi connectivity index (χ2n) is 7.20. The fourth-order valence-corrected chi connectivity index (χ4v) is 4.66. The lowest BCUT2D eigenvalue weighted by Gasteiger charge is -2.25. The van der Waals surface area contributed by atoms with Gasteiger partial charge in [0.1, 0.15) is 29.0 Å². The highest BCUT2D eigenvalue weighted by atomic mass is 32.1. The van der Waals surface area contributed by atoms with Crippen molar-refractivity contribution in [3.63, 3.8) is 0 Å². The molecule has 0 bridgehead atoms. The molecule has 170 valence electrons. The number of phenols is 1. The van der Waals surface area contributed by atoms with Crippen molar-refractivity contribution < 1.29 is 29.3 Å². The van der Waals surface area contributed by atoms with E-state index in [9.17, 15) is 19.8 Å². The van der Waals surface area contributed by atoms with E-state index in [-0.39, 0.29) is 28.3 Å². The zero-order chi connectivity index (χ0) is 23.5. The molecule has 0 saturated carbocycles. The Kier molecular flexibility index (Phi) is 6.37. The Morgan fingerprint density at radius 1 is 1.03 bits per heavy atom. The molecule has 3 aromatic rings. The van der Waals surface area contributed by atoms with E-state index in [4.69, 9.17) is 9.47 Å². The number of para-hydroxylation sites is 2. The number of rotatable bonds is 7. The Bertz CT molecular complexity index is 1220. The molecule has 2 heterocycles. The number of carbonyl (C=O) groups is 2. The van der Waals surface area contributed by atoms with Crippen LogP contribution in [0.5, 0.6) is 17.2 Å². The Balaban J connectivity index is 1.92. The molecule has 4 rings (SSSR count). The molecule has 33 heavy (non-hydrogen) atoms. The maximum atomic E-state index is 13.2. The molecule has 2 aromatic carbocycles. The largest absolute Gasteiger partial charge is 0.507 e. The average molecular weight is 466 g/mol. The van der Waals surface area contributed by atoms with Crippen LogP contribution in [0.2, 0.25) is 0 Å². The summed E-state index contributed by atoms with van der Waals surface area (Å²) in [6, 6.07) is 13.9. The van der Waals surface area contributed by atoms with E-state index in [1.54, 1.807) is 55.5 Å². The number of Topliss-reactive ketones (excluding diaryl/α,β-unsaturated/α-hetero) is 1. The lowest BCUT2D eigenvalue weighted by atomic mass is 9.99. The number of amides is 1. The van der Waals surface area contributed by atoms with Crippen LogP contribution in [-0.2, 0) is 9.59 Å². The summed E-state index contributed by atoms with van der Waals surface area (Å²) < 4.78 is 11.2. The zero-order valence-corrected chi connectivity index (χ0v) is 19.0. The SMILES string of the molecule is CCOc1ccc(/C(O)=C2/C(=O)C(=O)N(c3ccccc3O)C2c2cccs2)c(OCC)c1. The molecular weight excluding hydrogens is 442 g/mol. The monoisotopic (exact) mass is 465 g/mol. The van der Waals surface area contributed by atoms with Crippen LogP contribution < -0.4 is 14.4 Å². The van der Waals surface area contributed by atoms with Gasteiger partial charge in [-0.15, -0.1) is 11.3 Å². The molecule has 1 unspecified atom stereocenters. The molecule has 1 fully saturated rings. The topological polar surface area (TPSA) is 96.3 Å². The quantitative estimate of drug-likeness (QED) is 0.293. The summed E-state index contributed by atoms with van der Waals surface area (Å²) in [6.45, 7) is 4.45. The van der Waals surface area contributed by atoms with Gasteiger partial charge in [0.05, 0.1) is 30.0 Å². The number of hydrogen-bond acceptors (Lipinski definition) is 7. The van der Waals surface area contributed by atoms with Gasteiger partial charge in [-0.3, -0.25) is 14.5 Å². The molecule has 1 saturated heterocycles. The van der Waals surface area contributed by atoms with Gasteiger partial charge in [0.25, 0.3) is 11.7 Å². The zero-order valence-electron chi connectivity index (χ0n) is 18.1. The molecule has 1 aliphatic rings. The second-order valence-corrected chi connectivity index (χ2v) is 8.18. The van der Waals surface area contributed by atoms with Crippen LogP contribution in [0.3, 0.4) is 0 Å². The maximum absolute atomic E-state index is 13.2. The Labute approximate surface area is 195 Å². The fourth-order valence-electron chi connectivity index (χ4n) is 3.84. The van der Waals surface area contributed by atoms with Crippen LogP contribution in [0.4, 0.5) is 5.69 Å². The first-order chi connectivity index (χ1) is 16.0. The van der Waals surface area contributed by atoms with Crippen molar-refractivity contribution in [3.8, 4) is 17.2 Å². The van der Waals surface area contributed by atoms with Gasteiger partial charge in [-0.05, 0) is 49.6 Å². The molecule has 2 N–H and O–H groups in total. The van der Waals surface area contributed by atoms with Gasteiger partial charge in [0.2, 0.25) is 0 Å². The van der Waals surface area contributed by atoms with E-state index in [1.807, 2.05) is 12.3 Å². The number of aliphatic hydroxyl groups excluding tert-OH is 1. The minimum Gasteiger partial charge on any atom is -0.507 e. The van der Waals surface area contributed by atoms with Gasteiger partial charge in [-0.25, -0.2) is 0 Å². The highest BCUT2D eigenvalue weighted by Crippen LogP contribution is 2.46. The van der Waals surface area contributed by atoms with Gasteiger partial charge in [0, 0.05) is 10.9 Å². The van der Waals surface area contributed by atoms with Gasteiger partial charge in [-0.2, -0.15) is 0 Å². The predicted octanol–water partition coefficient (Wildman–Crippen LogP) is 4.88. The number of ketones is 1. The van der Waals surface area contributed by atoms with Crippen molar-refractivity contribution in [2.75, 3.05) is 18.1 Å². The van der Waals surface area contributed by atoms with Crippen LogP contribution in [0.1, 0.15) is 30.3 Å². The molecule has 1 aromatic heterocycles. The van der Waals surface area contributed by atoms with Crippen LogP contribution in [0.25, 0.3) is 5.76 Å². The number of ether oxygens (including phenoxy) is 2. The van der Waals surface area contributed by atoms with Crippen LogP contribution in [0, 0.1) is 0 Å². The summed E-state index contributed by atoms with van der Waals surface area (Å²) in [7, 11) is 0. The number of anilines is 1. The van der Waals surface area contributed by atoms with E-state index >= 15 is 0 Å². The number of nitrogens with zero attached hydrogens (tertiary/aromatic N) is 1. The van der Waals surface area contributed by atoms with E-state index in [0.717, 1.165) is 0 Å². The Hall–Kier alpha value is -3.78. The molecule has 1 aliphatic heterocycles. The molecular formula is C25H23NO6S. The fraction of sp³-hybridized carbons (Fsp3) is 0.200. The van der Waals surface area contributed by atoms with Gasteiger partial charge in [0.15, 0.2) is 0 Å². The first kappa shape index (κ1) is 22.4. The minimum absolute atomic E-state index is 0.0733. The second kappa shape index (κ2) is 9.38. The van der Waals surface area contributed by atoms with E-state index < -0.39 is 17.7 Å². The van der Waals surface area contributed by atoms with Crippen molar-refractivity contribution in [3.05, 3.63) is 76.0 Å². The molecule has 0 radical (unpaired) electrons. The number of benzene rings is 2. The molecule has 1 atom stereocenters. The van der Waals surface area contributed by atoms with Crippen LogP contribution >= 0.6 is 11.3 Å². The maximum Gasteiger partial charge on any atom is 0.300 e. The highest BCUT2D eigenvalue weighted by Gasteiger charge is 2.48. The highest BCUT2D eigenvalue weighted by molar-refractivity contribution is 7.10. The first-order valence-electron chi connectivity index (χ1n) is 10.5. The lowest BCUT2D eigenvalue weighted by molar-refractivity contribution is -0.132. The summed E-state index contributed by atoms with van der Waals surface area (Å²) in [5.74, 6) is -1.28. The Morgan fingerprint density at radius 3 is 2.45 bits per heavy atom. The van der Waals surface area contributed by atoms with Crippen LogP contribution in [-0.4, -0.2) is 35.1 Å². The summed E-state index contributed by atoms with van der Waals surface area (Å²) in [5.41, 5.74) is 0.390. The predicted molar refractivity (Wildman–Crippen MR) is 126 cm³/mol. The Morgan fingerprint density at radius 2 is 1.79 bits per heavy atom. The van der Waals surface area contributed by atoms with Crippen molar-refractivity contribution in [2.24, 2.45) is 0 Å². The molecule has 7 nitrogen and oxygen atoms in total. The number of aromatic hydroxyl groups is 1. The third kappa shape index (κ3) is 4.05. The average Bonchev–Trinajstić information content (AvgIpc) is 3.42. The number of aliphatic hydroxyl groups is 1. The smallest absolute Gasteiger partial charge is 0.300 e. The van der Waals surface area contributed by atoms with Gasteiger partial charge in [-0.1, -0.05) is 18.2 Å². The first-order valence-corrected chi connectivity index (χ1v) is 11.4. The summed E-state index contributed by atoms with van der Waals surface area (Å²) in [4.78, 5) is 28.2. The number of carbonyl (C=O) groups excluding carboxylic acids is 2.